The Labute approximate surface area is 169 Å². The summed E-state index contributed by atoms with van der Waals surface area (Å²) >= 11 is 0. The molecular formula is C20H36O7S. The van der Waals surface area contributed by atoms with Crippen molar-refractivity contribution in [3.8, 4) is 0 Å². The fourth-order valence-corrected chi connectivity index (χ4v) is 4.15. The quantitative estimate of drug-likeness (QED) is 0.145. The molecule has 2 N–H and O–H groups in total. The van der Waals surface area contributed by atoms with E-state index in [1.54, 1.807) is 0 Å². The summed E-state index contributed by atoms with van der Waals surface area (Å²) in [6, 6.07) is 0. The van der Waals surface area contributed by atoms with E-state index in [4.69, 9.17) is 9.84 Å². The Morgan fingerprint density at radius 2 is 1.43 bits per heavy atom. The highest BCUT2D eigenvalue weighted by atomic mass is 32.2. The zero-order valence-electron chi connectivity index (χ0n) is 17.0. The summed E-state index contributed by atoms with van der Waals surface area (Å²) < 4.78 is 35.6. The standard InChI is InChI=1S/C20H36O7S/c1-3-5-6-7-8-9-10-11-12-13-14-15-20(17-18(21)22,28(24,25)26)19(23)27-16-4-2/h4H,2-3,5-17H2,1H3,(H,21,22)(H,24,25,26). The van der Waals surface area contributed by atoms with Gasteiger partial charge in [-0.05, 0) is 6.42 Å². The summed E-state index contributed by atoms with van der Waals surface area (Å²) in [4.78, 5) is 23.4. The number of hydrogen-bond acceptors (Lipinski definition) is 5. The molecule has 0 aromatic rings. The van der Waals surface area contributed by atoms with Gasteiger partial charge in [0.15, 0.2) is 0 Å². The Bertz CT molecular complexity index is 571. The van der Waals surface area contributed by atoms with Crippen molar-refractivity contribution in [1.29, 1.82) is 0 Å². The number of ether oxygens (including phenoxy) is 1. The molecule has 0 fully saturated rings. The molecule has 0 amide bonds. The van der Waals surface area contributed by atoms with Gasteiger partial charge in [-0.15, -0.1) is 0 Å². The van der Waals surface area contributed by atoms with E-state index < -0.39 is 33.2 Å². The van der Waals surface area contributed by atoms with Crippen LogP contribution in [0.4, 0.5) is 0 Å². The van der Waals surface area contributed by atoms with Crippen LogP contribution in [0.1, 0.15) is 90.4 Å². The average molecular weight is 421 g/mol. The Morgan fingerprint density at radius 1 is 0.964 bits per heavy atom. The van der Waals surface area contributed by atoms with Crippen LogP contribution in [0.25, 0.3) is 0 Å². The normalized spacial score (nSPS) is 13.6. The van der Waals surface area contributed by atoms with Crippen molar-refractivity contribution in [2.75, 3.05) is 6.61 Å². The third kappa shape index (κ3) is 10.2. The van der Waals surface area contributed by atoms with Crippen molar-refractivity contribution in [1.82, 2.24) is 0 Å². The fraction of sp³-hybridized carbons (Fsp3) is 0.800. The van der Waals surface area contributed by atoms with Crippen molar-refractivity contribution >= 4 is 22.1 Å². The number of unbranched alkanes of at least 4 members (excludes halogenated alkanes) is 10. The molecule has 1 unspecified atom stereocenters. The van der Waals surface area contributed by atoms with Crippen LogP contribution in [-0.4, -0.2) is 41.4 Å². The van der Waals surface area contributed by atoms with Crippen LogP contribution < -0.4 is 0 Å². The van der Waals surface area contributed by atoms with Gasteiger partial charge in [0.1, 0.15) is 6.61 Å². The van der Waals surface area contributed by atoms with E-state index in [1.807, 2.05) is 0 Å². The van der Waals surface area contributed by atoms with Crippen molar-refractivity contribution in [2.45, 2.75) is 95.1 Å². The molecule has 0 aromatic heterocycles. The average Bonchev–Trinajstić information content (AvgIpc) is 2.61. The molecule has 8 heteroatoms. The SMILES string of the molecule is C=CCOC(=O)C(CCCCCCCCCCCCC)(CC(=O)O)S(=O)(=O)O. The molecular weight excluding hydrogens is 384 g/mol. The summed E-state index contributed by atoms with van der Waals surface area (Å²) in [5, 5.41) is 9.06. The maximum absolute atomic E-state index is 12.2. The molecule has 0 heterocycles. The van der Waals surface area contributed by atoms with Crippen LogP contribution in [0.15, 0.2) is 12.7 Å². The van der Waals surface area contributed by atoms with Gasteiger partial charge >= 0.3 is 11.9 Å². The van der Waals surface area contributed by atoms with E-state index >= 15 is 0 Å². The van der Waals surface area contributed by atoms with Gasteiger partial charge in [0.2, 0.25) is 4.75 Å². The Hall–Kier alpha value is -1.41. The summed E-state index contributed by atoms with van der Waals surface area (Å²) in [6.07, 6.45) is 11.3. The first-order chi connectivity index (χ1) is 13.2. The van der Waals surface area contributed by atoms with E-state index in [0.29, 0.717) is 12.8 Å². The van der Waals surface area contributed by atoms with Gasteiger partial charge in [-0.25, -0.2) is 0 Å². The monoisotopic (exact) mass is 420 g/mol. The van der Waals surface area contributed by atoms with Crippen molar-refractivity contribution in [3.05, 3.63) is 12.7 Å². The molecule has 0 aliphatic carbocycles. The molecule has 0 saturated heterocycles. The van der Waals surface area contributed by atoms with Gasteiger partial charge in [0, 0.05) is 0 Å². The van der Waals surface area contributed by atoms with Crippen LogP contribution in [0.3, 0.4) is 0 Å². The number of esters is 1. The Morgan fingerprint density at radius 3 is 1.82 bits per heavy atom. The van der Waals surface area contributed by atoms with Gasteiger partial charge in [-0.1, -0.05) is 90.2 Å². The number of carbonyl (C=O) groups excluding carboxylic acids is 1. The molecule has 1 atom stereocenters. The van der Waals surface area contributed by atoms with Crippen LogP contribution in [-0.2, 0) is 24.4 Å². The minimum Gasteiger partial charge on any atom is -0.481 e. The Kier molecular flexibility index (Phi) is 13.8. The highest BCUT2D eigenvalue weighted by Gasteiger charge is 2.52. The molecule has 0 aromatic carbocycles. The molecule has 164 valence electrons. The lowest BCUT2D eigenvalue weighted by Crippen LogP contribution is -2.49. The zero-order chi connectivity index (χ0) is 21.5. The molecule has 0 saturated carbocycles. The Balaban J connectivity index is 4.51. The van der Waals surface area contributed by atoms with Crippen molar-refractivity contribution < 1.29 is 32.4 Å². The lowest BCUT2D eigenvalue weighted by molar-refractivity contribution is -0.150. The van der Waals surface area contributed by atoms with Gasteiger partial charge in [-0.3, -0.25) is 14.1 Å². The number of hydrogen-bond donors (Lipinski definition) is 2. The van der Waals surface area contributed by atoms with Crippen molar-refractivity contribution in [2.24, 2.45) is 0 Å². The maximum Gasteiger partial charge on any atom is 0.330 e. The first-order valence-electron chi connectivity index (χ1n) is 10.2. The van der Waals surface area contributed by atoms with Crippen LogP contribution in [0.2, 0.25) is 0 Å². The molecule has 28 heavy (non-hydrogen) atoms. The summed E-state index contributed by atoms with van der Waals surface area (Å²) in [5.41, 5.74) is 0. The van der Waals surface area contributed by atoms with E-state index in [1.165, 1.54) is 44.6 Å². The number of carbonyl (C=O) groups is 2. The van der Waals surface area contributed by atoms with Gasteiger partial charge in [0.25, 0.3) is 10.1 Å². The van der Waals surface area contributed by atoms with Crippen LogP contribution in [0, 0.1) is 0 Å². The molecule has 0 bridgehead atoms. The molecule has 0 aliphatic heterocycles. The highest BCUT2D eigenvalue weighted by Crippen LogP contribution is 2.30. The lowest BCUT2D eigenvalue weighted by Gasteiger charge is -2.26. The minimum atomic E-state index is -4.95. The highest BCUT2D eigenvalue weighted by molar-refractivity contribution is 7.88. The van der Waals surface area contributed by atoms with Crippen molar-refractivity contribution in [3.63, 3.8) is 0 Å². The van der Waals surface area contributed by atoms with Gasteiger partial charge in [0.05, 0.1) is 6.42 Å². The van der Waals surface area contributed by atoms with E-state index in [-0.39, 0.29) is 13.0 Å². The third-order valence-electron chi connectivity index (χ3n) is 4.82. The summed E-state index contributed by atoms with van der Waals surface area (Å²) in [5.74, 6) is -2.74. The first-order valence-corrected chi connectivity index (χ1v) is 11.6. The predicted octanol–water partition coefficient (Wildman–Crippen LogP) is 4.52. The van der Waals surface area contributed by atoms with Gasteiger partial charge < -0.3 is 9.84 Å². The fourth-order valence-electron chi connectivity index (χ4n) is 3.17. The van der Waals surface area contributed by atoms with Crippen LogP contribution >= 0.6 is 0 Å². The second-order valence-corrected chi connectivity index (χ2v) is 8.94. The lowest BCUT2D eigenvalue weighted by atomic mass is 9.96. The number of rotatable bonds is 18. The van der Waals surface area contributed by atoms with Crippen LogP contribution in [0.5, 0.6) is 0 Å². The third-order valence-corrected chi connectivity index (χ3v) is 6.32. The largest absolute Gasteiger partial charge is 0.481 e. The number of carboxylic acid groups (broad SMARTS) is 1. The van der Waals surface area contributed by atoms with Gasteiger partial charge in [-0.2, -0.15) is 8.42 Å². The second-order valence-electron chi connectivity index (χ2n) is 7.21. The maximum atomic E-state index is 12.2. The molecule has 0 spiro atoms. The second kappa shape index (κ2) is 14.6. The molecule has 0 rings (SSSR count). The summed E-state index contributed by atoms with van der Waals surface area (Å²) in [6.45, 7) is 5.29. The topological polar surface area (TPSA) is 118 Å². The van der Waals surface area contributed by atoms with E-state index in [0.717, 1.165) is 19.3 Å². The molecule has 0 radical (unpaired) electrons. The zero-order valence-corrected chi connectivity index (χ0v) is 17.8. The predicted molar refractivity (Wildman–Crippen MR) is 109 cm³/mol. The molecule has 0 aliphatic rings. The number of carboxylic acids is 1. The minimum absolute atomic E-state index is 0.256. The van der Waals surface area contributed by atoms with E-state index in [9.17, 15) is 22.6 Å². The summed E-state index contributed by atoms with van der Waals surface area (Å²) in [7, 11) is -4.95. The first kappa shape index (κ1) is 26.6. The number of aliphatic carboxylic acids is 1. The van der Waals surface area contributed by atoms with E-state index in [2.05, 4.69) is 13.5 Å². The smallest absolute Gasteiger partial charge is 0.330 e. The molecule has 7 nitrogen and oxygen atoms in total.